The fourth-order valence-electron chi connectivity index (χ4n) is 2.93. The molecule has 0 amide bonds. The van der Waals surface area contributed by atoms with Gasteiger partial charge in [0.05, 0.1) is 11.9 Å². The van der Waals surface area contributed by atoms with E-state index in [1.807, 2.05) is 0 Å². The maximum Gasteiger partial charge on any atom is 0.214 e. The Kier molecular flexibility index (Phi) is 4.34. The first-order valence-corrected chi connectivity index (χ1v) is 8.41. The van der Waals surface area contributed by atoms with Crippen molar-refractivity contribution in [1.29, 1.82) is 0 Å². The number of rotatable bonds is 5. The van der Waals surface area contributed by atoms with Gasteiger partial charge in [0.2, 0.25) is 10.0 Å². The van der Waals surface area contributed by atoms with E-state index in [1.54, 1.807) is 4.31 Å². The molecule has 100 valence electrons. The number of alkyl halides is 1. The van der Waals surface area contributed by atoms with Crippen molar-refractivity contribution in [2.75, 3.05) is 24.7 Å². The first-order valence-electron chi connectivity index (χ1n) is 6.26. The second kappa shape index (κ2) is 5.43. The van der Waals surface area contributed by atoms with Crippen LogP contribution in [0.2, 0.25) is 0 Å². The first-order chi connectivity index (χ1) is 8.04. The Morgan fingerprint density at radius 3 is 2.65 bits per heavy atom. The van der Waals surface area contributed by atoms with Gasteiger partial charge in [-0.05, 0) is 31.6 Å². The van der Waals surface area contributed by atoms with Crippen LogP contribution in [0.25, 0.3) is 0 Å². The number of nitrogens with zero attached hydrogens (tertiary/aromatic N) is 1. The number of sulfonamides is 1. The Morgan fingerprint density at radius 1 is 1.24 bits per heavy atom. The number of fused-ring (bicyclic) bond motifs is 1. The molecule has 1 saturated heterocycles. The molecule has 17 heavy (non-hydrogen) atoms. The van der Waals surface area contributed by atoms with Crippen molar-refractivity contribution in [2.45, 2.75) is 31.8 Å². The summed E-state index contributed by atoms with van der Waals surface area (Å²) in [5.41, 5.74) is 0. The van der Waals surface area contributed by atoms with Crippen molar-refractivity contribution in [3.63, 3.8) is 0 Å². The normalized spacial score (nSPS) is 34.1. The van der Waals surface area contributed by atoms with E-state index in [-0.39, 0.29) is 17.8 Å². The van der Waals surface area contributed by atoms with Gasteiger partial charge in [0, 0.05) is 24.9 Å². The molecular formula is C11H20ClNO3S. The van der Waals surface area contributed by atoms with Crippen LogP contribution in [0.4, 0.5) is 0 Å². The lowest BCUT2D eigenvalue weighted by Gasteiger charge is -2.18. The van der Waals surface area contributed by atoms with Crippen LogP contribution < -0.4 is 0 Å². The van der Waals surface area contributed by atoms with E-state index < -0.39 is 10.0 Å². The van der Waals surface area contributed by atoms with Crippen LogP contribution >= 0.6 is 11.6 Å². The summed E-state index contributed by atoms with van der Waals surface area (Å²) in [4.78, 5) is 0. The van der Waals surface area contributed by atoms with E-state index in [0.717, 1.165) is 19.3 Å². The Bertz CT molecular complexity index is 360. The molecule has 6 heteroatoms. The predicted molar refractivity (Wildman–Crippen MR) is 67.5 cm³/mol. The van der Waals surface area contributed by atoms with E-state index >= 15 is 0 Å². The minimum absolute atomic E-state index is 0.165. The van der Waals surface area contributed by atoms with Gasteiger partial charge in [-0.15, -0.1) is 11.6 Å². The molecule has 4 nitrogen and oxygen atoms in total. The van der Waals surface area contributed by atoms with Gasteiger partial charge in [-0.2, -0.15) is 0 Å². The molecule has 0 aromatic rings. The summed E-state index contributed by atoms with van der Waals surface area (Å²) >= 11 is 5.55. The second-order valence-electron chi connectivity index (χ2n) is 5.10. The molecular weight excluding hydrogens is 262 g/mol. The summed E-state index contributed by atoms with van der Waals surface area (Å²) in [5.74, 6) is 1.24. The van der Waals surface area contributed by atoms with Gasteiger partial charge in [-0.1, -0.05) is 0 Å². The van der Waals surface area contributed by atoms with Crippen LogP contribution in [0.15, 0.2) is 0 Å². The smallest absolute Gasteiger partial charge is 0.214 e. The van der Waals surface area contributed by atoms with Crippen molar-refractivity contribution in [3.8, 4) is 0 Å². The largest absolute Gasteiger partial charge is 0.393 e. The third-order valence-corrected chi connectivity index (χ3v) is 6.12. The molecule has 0 bridgehead atoms. The maximum atomic E-state index is 12.0. The fourth-order valence-corrected chi connectivity index (χ4v) is 4.76. The molecule has 1 aliphatic heterocycles. The van der Waals surface area contributed by atoms with Crippen LogP contribution in [-0.4, -0.2) is 48.7 Å². The van der Waals surface area contributed by atoms with Crippen molar-refractivity contribution >= 4 is 21.6 Å². The minimum atomic E-state index is -3.13. The molecule has 1 heterocycles. The second-order valence-corrected chi connectivity index (χ2v) is 7.56. The molecule has 3 unspecified atom stereocenters. The summed E-state index contributed by atoms with van der Waals surface area (Å²) < 4.78 is 25.7. The predicted octanol–water partition coefficient (Wildman–Crippen LogP) is 1.04. The minimum Gasteiger partial charge on any atom is -0.393 e. The van der Waals surface area contributed by atoms with Gasteiger partial charge in [0.1, 0.15) is 0 Å². The van der Waals surface area contributed by atoms with Gasteiger partial charge in [-0.3, -0.25) is 0 Å². The van der Waals surface area contributed by atoms with Crippen LogP contribution in [0.5, 0.6) is 0 Å². The molecule has 1 saturated carbocycles. The highest BCUT2D eigenvalue weighted by Gasteiger charge is 2.45. The number of halogens is 1. The van der Waals surface area contributed by atoms with Gasteiger partial charge in [0.15, 0.2) is 0 Å². The summed E-state index contributed by atoms with van der Waals surface area (Å²) in [5, 5.41) is 9.76. The van der Waals surface area contributed by atoms with Crippen molar-refractivity contribution in [2.24, 2.45) is 11.8 Å². The van der Waals surface area contributed by atoms with E-state index in [0.29, 0.717) is 31.3 Å². The SMILES string of the molecule is O=S(=O)(CCCCCl)N1CC2CCC(O)C2C1. The number of hydrogen-bond acceptors (Lipinski definition) is 3. The average Bonchev–Trinajstić information content (AvgIpc) is 2.82. The third-order valence-electron chi connectivity index (χ3n) is 3.96. The lowest BCUT2D eigenvalue weighted by atomic mass is 10.00. The maximum absolute atomic E-state index is 12.0. The standard InChI is InChI=1S/C11H20ClNO3S/c12-5-1-2-6-17(15,16)13-7-9-3-4-11(14)10(9)8-13/h9-11,14H,1-8H2. The third kappa shape index (κ3) is 2.95. The van der Waals surface area contributed by atoms with Crippen LogP contribution in [0, 0.1) is 11.8 Å². The molecule has 0 aromatic carbocycles. The summed E-state index contributed by atoms with van der Waals surface area (Å²) in [6, 6.07) is 0. The van der Waals surface area contributed by atoms with Crippen LogP contribution in [-0.2, 0) is 10.0 Å². The lowest BCUT2D eigenvalue weighted by molar-refractivity contribution is 0.129. The zero-order chi connectivity index (χ0) is 12.5. The molecule has 2 fully saturated rings. The zero-order valence-electron chi connectivity index (χ0n) is 9.89. The Balaban J connectivity index is 1.91. The molecule has 0 spiro atoms. The molecule has 1 N–H and O–H groups in total. The molecule has 3 atom stereocenters. The van der Waals surface area contributed by atoms with Gasteiger partial charge < -0.3 is 5.11 Å². The highest BCUT2D eigenvalue weighted by molar-refractivity contribution is 7.89. The van der Waals surface area contributed by atoms with E-state index in [9.17, 15) is 13.5 Å². The number of aliphatic hydroxyl groups is 1. The molecule has 1 aliphatic carbocycles. The Labute approximate surface area is 108 Å². The van der Waals surface area contributed by atoms with E-state index in [1.165, 1.54) is 0 Å². The lowest BCUT2D eigenvalue weighted by Crippen LogP contribution is -2.33. The van der Waals surface area contributed by atoms with Crippen LogP contribution in [0.3, 0.4) is 0 Å². The highest BCUT2D eigenvalue weighted by Crippen LogP contribution is 2.39. The quantitative estimate of drug-likeness (QED) is 0.605. The van der Waals surface area contributed by atoms with Crippen LogP contribution in [0.1, 0.15) is 25.7 Å². The summed E-state index contributed by atoms with van der Waals surface area (Å²) in [7, 11) is -3.13. The van der Waals surface area contributed by atoms with Crippen molar-refractivity contribution in [3.05, 3.63) is 0 Å². The molecule has 2 aliphatic rings. The molecule has 0 radical (unpaired) electrons. The van der Waals surface area contributed by atoms with Gasteiger partial charge in [-0.25, -0.2) is 12.7 Å². The summed E-state index contributed by atoms with van der Waals surface area (Å²) in [6.07, 6.45) is 2.85. The number of aliphatic hydroxyl groups excluding tert-OH is 1. The highest BCUT2D eigenvalue weighted by atomic mass is 35.5. The van der Waals surface area contributed by atoms with E-state index in [2.05, 4.69) is 0 Å². The summed E-state index contributed by atoms with van der Waals surface area (Å²) in [6.45, 7) is 1.11. The molecule has 2 rings (SSSR count). The van der Waals surface area contributed by atoms with Crippen molar-refractivity contribution < 1.29 is 13.5 Å². The zero-order valence-corrected chi connectivity index (χ0v) is 11.5. The van der Waals surface area contributed by atoms with Gasteiger partial charge in [0.25, 0.3) is 0 Å². The number of hydrogen-bond donors (Lipinski definition) is 1. The monoisotopic (exact) mass is 281 g/mol. The Morgan fingerprint density at radius 2 is 2.00 bits per heavy atom. The first kappa shape index (κ1) is 13.6. The molecule has 0 aromatic heterocycles. The van der Waals surface area contributed by atoms with E-state index in [4.69, 9.17) is 11.6 Å². The fraction of sp³-hybridized carbons (Fsp3) is 1.00. The van der Waals surface area contributed by atoms with Crippen molar-refractivity contribution in [1.82, 2.24) is 4.31 Å². The topological polar surface area (TPSA) is 57.6 Å². The Hall–Kier alpha value is 0.160. The van der Waals surface area contributed by atoms with Gasteiger partial charge >= 0.3 is 0 Å². The average molecular weight is 282 g/mol. The number of unbranched alkanes of at least 4 members (excludes halogenated alkanes) is 1.